The van der Waals surface area contributed by atoms with E-state index in [1.165, 1.54) is 12.1 Å². The normalized spacial score (nSPS) is 10.6. The van der Waals surface area contributed by atoms with Crippen LogP contribution in [0.15, 0.2) is 18.2 Å². The number of nitro groups is 1. The molecule has 0 unspecified atom stereocenters. The third-order valence-electron chi connectivity index (χ3n) is 2.04. The molecule has 1 N–H and O–H groups in total. The average molecular weight is 259 g/mol. The van der Waals surface area contributed by atoms with Crippen LogP contribution in [-0.2, 0) is 0 Å². The molecule has 0 aliphatic heterocycles. The van der Waals surface area contributed by atoms with Gasteiger partial charge in [0.25, 0.3) is 0 Å². The van der Waals surface area contributed by atoms with Gasteiger partial charge in [0.1, 0.15) is 6.61 Å². The number of para-hydroxylation sites is 1. The second kappa shape index (κ2) is 6.42. The molecule has 5 nitrogen and oxygen atoms in total. The highest BCUT2D eigenvalue weighted by molar-refractivity contribution is 6.32. The van der Waals surface area contributed by atoms with E-state index in [-0.39, 0.29) is 16.5 Å². The molecule has 0 aliphatic carbocycles. The van der Waals surface area contributed by atoms with Crippen molar-refractivity contribution < 1.29 is 9.66 Å². The van der Waals surface area contributed by atoms with Crippen LogP contribution in [0, 0.1) is 10.1 Å². The van der Waals surface area contributed by atoms with Crippen molar-refractivity contribution in [2.24, 2.45) is 0 Å². The van der Waals surface area contributed by atoms with Crippen LogP contribution in [-0.4, -0.2) is 24.1 Å². The number of benzene rings is 1. The first-order chi connectivity index (χ1) is 8.02. The van der Waals surface area contributed by atoms with Crippen molar-refractivity contribution in [3.63, 3.8) is 0 Å². The summed E-state index contributed by atoms with van der Waals surface area (Å²) < 4.78 is 5.34. The molecule has 0 saturated carbocycles. The summed E-state index contributed by atoms with van der Waals surface area (Å²) in [7, 11) is 0. The van der Waals surface area contributed by atoms with Gasteiger partial charge in [0, 0.05) is 18.7 Å². The average Bonchev–Trinajstić information content (AvgIpc) is 2.25. The maximum atomic E-state index is 10.8. The fourth-order valence-electron chi connectivity index (χ4n) is 1.28. The fraction of sp³-hybridized carbons (Fsp3) is 0.455. The summed E-state index contributed by atoms with van der Waals surface area (Å²) in [6.45, 7) is 4.97. The standard InChI is InChI=1S/C11H15ClN2O3/c1-8(2)13-6-7-17-11-9(12)4-3-5-10(11)14(15)16/h3-5,8,13H,6-7H2,1-2H3. The number of nitrogens with zero attached hydrogens (tertiary/aromatic N) is 1. The number of nitrogens with one attached hydrogen (secondary N) is 1. The van der Waals surface area contributed by atoms with Gasteiger partial charge in [0.05, 0.1) is 9.95 Å². The topological polar surface area (TPSA) is 64.4 Å². The van der Waals surface area contributed by atoms with Crippen LogP contribution < -0.4 is 10.1 Å². The Hall–Kier alpha value is -1.33. The van der Waals surface area contributed by atoms with Gasteiger partial charge in [-0.05, 0) is 6.07 Å². The zero-order chi connectivity index (χ0) is 12.8. The summed E-state index contributed by atoms with van der Waals surface area (Å²) in [4.78, 5) is 10.3. The van der Waals surface area contributed by atoms with Gasteiger partial charge in [0.15, 0.2) is 0 Å². The zero-order valence-corrected chi connectivity index (χ0v) is 10.5. The molecular formula is C11H15ClN2O3. The molecule has 0 aromatic heterocycles. The largest absolute Gasteiger partial charge is 0.484 e. The molecule has 0 saturated heterocycles. The van der Waals surface area contributed by atoms with E-state index in [1.807, 2.05) is 13.8 Å². The van der Waals surface area contributed by atoms with Gasteiger partial charge in [-0.3, -0.25) is 10.1 Å². The van der Waals surface area contributed by atoms with Crippen molar-refractivity contribution in [2.45, 2.75) is 19.9 Å². The van der Waals surface area contributed by atoms with E-state index in [0.717, 1.165) is 0 Å². The first kappa shape index (κ1) is 13.7. The molecule has 0 atom stereocenters. The van der Waals surface area contributed by atoms with Crippen molar-refractivity contribution in [3.8, 4) is 5.75 Å². The minimum atomic E-state index is -0.503. The third kappa shape index (κ3) is 4.20. The van der Waals surface area contributed by atoms with Crippen LogP contribution in [0.1, 0.15) is 13.8 Å². The van der Waals surface area contributed by atoms with Crippen LogP contribution in [0.25, 0.3) is 0 Å². The van der Waals surface area contributed by atoms with Crippen LogP contribution >= 0.6 is 11.6 Å². The Kier molecular flexibility index (Phi) is 5.18. The molecule has 0 bridgehead atoms. The number of hydrogen-bond donors (Lipinski definition) is 1. The van der Waals surface area contributed by atoms with Crippen LogP contribution in [0.4, 0.5) is 5.69 Å². The van der Waals surface area contributed by atoms with E-state index in [4.69, 9.17) is 16.3 Å². The number of ether oxygens (including phenoxy) is 1. The molecule has 0 amide bonds. The third-order valence-corrected chi connectivity index (χ3v) is 2.34. The van der Waals surface area contributed by atoms with E-state index in [2.05, 4.69) is 5.32 Å². The summed E-state index contributed by atoms with van der Waals surface area (Å²) in [6, 6.07) is 4.82. The monoisotopic (exact) mass is 258 g/mol. The first-order valence-corrected chi connectivity index (χ1v) is 5.69. The minimum Gasteiger partial charge on any atom is -0.484 e. The minimum absolute atomic E-state index is 0.109. The summed E-state index contributed by atoms with van der Waals surface area (Å²) in [6.07, 6.45) is 0. The van der Waals surface area contributed by atoms with Gasteiger partial charge in [-0.25, -0.2) is 0 Å². The molecule has 0 heterocycles. The van der Waals surface area contributed by atoms with Gasteiger partial charge in [-0.1, -0.05) is 31.5 Å². The Balaban J connectivity index is 2.66. The van der Waals surface area contributed by atoms with Crippen LogP contribution in [0.2, 0.25) is 5.02 Å². The maximum absolute atomic E-state index is 10.8. The second-order valence-corrected chi connectivity index (χ2v) is 4.21. The summed E-state index contributed by atoms with van der Waals surface area (Å²) >= 11 is 5.87. The molecular weight excluding hydrogens is 244 g/mol. The SMILES string of the molecule is CC(C)NCCOc1c(Cl)cccc1[N+](=O)[O-]. The number of halogens is 1. The van der Waals surface area contributed by atoms with E-state index >= 15 is 0 Å². The van der Waals surface area contributed by atoms with E-state index in [9.17, 15) is 10.1 Å². The van der Waals surface area contributed by atoms with Gasteiger partial charge in [0.2, 0.25) is 5.75 Å². The lowest BCUT2D eigenvalue weighted by Gasteiger charge is -2.10. The van der Waals surface area contributed by atoms with Gasteiger partial charge >= 0.3 is 5.69 Å². The van der Waals surface area contributed by atoms with Crippen molar-refractivity contribution in [2.75, 3.05) is 13.2 Å². The van der Waals surface area contributed by atoms with Crippen molar-refractivity contribution in [1.82, 2.24) is 5.32 Å². The summed E-state index contributed by atoms with van der Waals surface area (Å²) in [5.41, 5.74) is -0.109. The maximum Gasteiger partial charge on any atom is 0.312 e. The highest BCUT2D eigenvalue weighted by Gasteiger charge is 2.17. The highest BCUT2D eigenvalue weighted by atomic mass is 35.5. The number of hydrogen-bond acceptors (Lipinski definition) is 4. The van der Waals surface area contributed by atoms with E-state index in [1.54, 1.807) is 6.07 Å². The number of rotatable bonds is 6. The Morgan fingerprint density at radius 3 is 2.82 bits per heavy atom. The Morgan fingerprint density at radius 1 is 1.53 bits per heavy atom. The predicted octanol–water partition coefficient (Wildman–Crippen LogP) is 2.63. The molecule has 94 valence electrons. The molecule has 1 aromatic carbocycles. The first-order valence-electron chi connectivity index (χ1n) is 5.31. The highest BCUT2D eigenvalue weighted by Crippen LogP contribution is 2.34. The van der Waals surface area contributed by atoms with Crippen LogP contribution in [0.3, 0.4) is 0 Å². The van der Waals surface area contributed by atoms with Gasteiger partial charge < -0.3 is 10.1 Å². The van der Waals surface area contributed by atoms with E-state index in [0.29, 0.717) is 19.2 Å². The van der Waals surface area contributed by atoms with Crippen molar-refractivity contribution in [1.29, 1.82) is 0 Å². The quantitative estimate of drug-likeness (QED) is 0.484. The molecule has 0 spiro atoms. The van der Waals surface area contributed by atoms with Crippen LogP contribution in [0.5, 0.6) is 5.75 Å². The second-order valence-electron chi connectivity index (χ2n) is 3.80. The molecule has 6 heteroatoms. The summed E-state index contributed by atoms with van der Waals surface area (Å²) in [5, 5.41) is 14.2. The Bertz CT molecular complexity index is 396. The Morgan fingerprint density at radius 2 is 2.24 bits per heavy atom. The lowest BCUT2D eigenvalue weighted by atomic mass is 10.3. The molecule has 0 radical (unpaired) electrons. The molecule has 0 fully saturated rings. The van der Waals surface area contributed by atoms with Crippen molar-refractivity contribution in [3.05, 3.63) is 33.3 Å². The lowest BCUT2D eigenvalue weighted by Crippen LogP contribution is -2.27. The zero-order valence-electron chi connectivity index (χ0n) is 9.77. The predicted molar refractivity (Wildman–Crippen MR) is 66.7 cm³/mol. The molecule has 1 aromatic rings. The van der Waals surface area contributed by atoms with E-state index < -0.39 is 4.92 Å². The smallest absolute Gasteiger partial charge is 0.312 e. The van der Waals surface area contributed by atoms with Crippen molar-refractivity contribution >= 4 is 17.3 Å². The molecule has 17 heavy (non-hydrogen) atoms. The van der Waals surface area contributed by atoms with Gasteiger partial charge in [-0.2, -0.15) is 0 Å². The number of nitro benzene ring substituents is 1. The fourth-order valence-corrected chi connectivity index (χ4v) is 1.51. The lowest BCUT2D eigenvalue weighted by molar-refractivity contribution is -0.385. The van der Waals surface area contributed by atoms with Gasteiger partial charge in [-0.15, -0.1) is 0 Å². The summed E-state index contributed by atoms with van der Waals surface area (Å²) in [5.74, 6) is 0.129. The molecule has 0 aliphatic rings. The molecule has 1 rings (SSSR count). The Labute approximate surface area is 105 Å².